The predicted octanol–water partition coefficient (Wildman–Crippen LogP) is 4.51. The number of hydrogen-bond donors (Lipinski definition) is 2. The monoisotopic (exact) mass is 441 g/mol. The summed E-state index contributed by atoms with van der Waals surface area (Å²) in [5.74, 6) is -0.335. The van der Waals surface area contributed by atoms with Crippen molar-refractivity contribution in [2.45, 2.75) is 58.2 Å². The van der Waals surface area contributed by atoms with Gasteiger partial charge in [0.05, 0.1) is 0 Å². The fourth-order valence-corrected chi connectivity index (χ4v) is 3.37. The van der Waals surface area contributed by atoms with Crippen LogP contribution in [0, 0.1) is 0 Å². The van der Waals surface area contributed by atoms with Crippen molar-refractivity contribution < 1.29 is 24.2 Å². The van der Waals surface area contributed by atoms with Crippen molar-refractivity contribution in [3.8, 4) is 0 Å². The van der Waals surface area contributed by atoms with E-state index >= 15 is 0 Å². The smallest absolute Gasteiger partial charge is 0.408 e. The van der Waals surface area contributed by atoms with Crippen LogP contribution >= 0.6 is 0 Å². The molecule has 0 aliphatic rings. The minimum atomic E-state index is -1.16. The van der Waals surface area contributed by atoms with Crippen LogP contribution in [-0.4, -0.2) is 51.1 Å². The molecule has 2 amide bonds. The molecular weight excluding hydrogens is 410 g/mol. The summed E-state index contributed by atoms with van der Waals surface area (Å²) < 4.78 is 5.17. The van der Waals surface area contributed by atoms with Crippen LogP contribution in [0.3, 0.4) is 0 Å². The number of carbonyl (C=O) groups is 3. The van der Waals surface area contributed by atoms with E-state index in [9.17, 15) is 19.5 Å². The Morgan fingerprint density at radius 2 is 1.75 bits per heavy atom. The first-order valence-corrected chi connectivity index (χ1v) is 10.6. The molecule has 2 N–H and O–H groups in total. The van der Waals surface area contributed by atoms with Gasteiger partial charge in [0.25, 0.3) is 0 Å². The molecule has 172 valence electrons. The van der Waals surface area contributed by atoms with Gasteiger partial charge in [-0.1, -0.05) is 36.4 Å². The summed E-state index contributed by atoms with van der Waals surface area (Å²) in [7, 11) is 0. The molecular formula is C24H31N3O5. The molecule has 32 heavy (non-hydrogen) atoms. The summed E-state index contributed by atoms with van der Waals surface area (Å²) in [6.07, 6.45) is 1.27. The van der Waals surface area contributed by atoms with Gasteiger partial charge in [0.15, 0.2) is 0 Å². The molecule has 1 aromatic heterocycles. The Labute approximate surface area is 188 Å². The van der Waals surface area contributed by atoms with Crippen LogP contribution in [0.5, 0.6) is 0 Å². The number of ketones is 1. The maximum absolute atomic E-state index is 13.1. The van der Waals surface area contributed by atoms with Crippen LogP contribution < -0.4 is 5.32 Å². The van der Waals surface area contributed by atoms with E-state index in [1.54, 1.807) is 39.0 Å². The first-order valence-electron chi connectivity index (χ1n) is 10.6. The number of nitrogens with zero attached hydrogens (tertiary/aromatic N) is 2. The Morgan fingerprint density at radius 1 is 1.06 bits per heavy atom. The largest absolute Gasteiger partial charge is 0.465 e. The highest BCUT2D eigenvalue weighted by Crippen LogP contribution is 2.23. The highest BCUT2D eigenvalue weighted by Gasteiger charge is 2.37. The number of ether oxygens (including phenoxy) is 1. The molecule has 0 spiro atoms. The van der Waals surface area contributed by atoms with Crippen molar-refractivity contribution in [1.29, 1.82) is 0 Å². The van der Waals surface area contributed by atoms with E-state index in [2.05, 4.69) is 10.3 Å². The zero-order valence-electron chi connectivity index (χ0n) is 18.8. The second-order valence-electron chi connectivity index (χ2n) is 8.40. The fourth-order valence-electron chi connectivity index (χ4n) is 3.37. The molecule has 1 heterocycles. The Morgan fingerprint density at radius 3 is 2.34 bits per heavy atom. The highest BCUT2D eigenvalue weighted by molar-refractivity contribution is 6.00. The van der Waals surface area contributed by atoms with Crippen molar-refractivity contribution in [1.82, 2.24) is 15.2 Å². The number of alkyl carbamates (subject to hydrolysis) is 1. The standard InChI is InChI=1S/C24H31N3O5/c1-24(2,3)27(23(30)31)20(21(28)19-13-7-9-15-25-19)14-8-10-16-26-22(29)32-17-18-11-5-4-6-12-18/h4-7,9,11-13,15,20H,8,10,14,16-17H2,1-3H3,(H,26,29)(H,30,31)/t20-/m0/s1. The SMILES string of the molecule is CC(C)(C)N(C(=O)O)[C@@H](CCCCNC(=O)OCc1ccccc1)C(=O)c1ccccn1. The summed E-state index contributed by atoms with van der Waals surface area (Å²) in [4.78, 5) is 42.2. The van der Waals surface area contributed by atoms with Crippen LogP contribution in [0.2, 0.25) is 0 Å². The second-order valence-corrected chi connectivity index (χ2v) is 8.40. The molecule has 0 bridgehead atoms. The van der Waals surface area contributed by atoms with E-state index in [0.717, 1.165) is 5.56 Å². The molecule has 8 heteroatoms. The number of nitrogens with one attached hydrogen (secondary N) is 1. The molecule has 1 aromatic carbocycles. The van der Waals surface area contributed by atoms with Gasteiger partial charge in [0.2, 0.25) is 5.78 Å². The molecule has 0 aliphatic heterocycles. The van der Waals surface area contributed by atoms with E-state index in [0.29, 0.717) is 25.8 Å². The van der Waals surface area contributed by atoms with Crippen molar-refractivity contribution in [2.75, 3.05) is 6.54 Å². The molecule has 0 radical (unpaired) electrons. The molecule has 1 atom stereocenters. The van der Waals surface area contributed by atoms with E-state index in [-0.39, 0.29) is 18.1 Å². The van der Waals surface area contributed by atoms with E-state index in [4.69, 9.17) is 4.74 Å². The molecule has 0 unspecified atom stereocenters. The van der Waals surface area contributed by atoms with E-state index < -0.39 is 23.8 Å². The zero-order chi connectivity index (χ0) is 23.6. The zero-order valence-corrected chi connectivity index (χ0v) is 18.8. The Balaban J connectivity index is 1.90. The topological polar surface area (TPSA) is 109 Å². The minimum absolute atomic E-state index is 0.187. The second kappa shape index (κ2) is 11.8. The average molecular weight is 442 g/mol. The fraction of sp³-hybridized carbons (Fsp3) is 0.417. The Bertz CT molecular complexity index is 882. The number of carbonyl (C=O) groups excluding carboxylic acids is 2. The van der Waals surface area contributed by atoms with Crippen LogP contribution in [0.25, 0.3) is 0 Å². The van der Waals surface area contributed by atoms with Gasteiger partial charge in [-0.3, -0.25) is 14.7 Å². The molecule has 0 saturated carbocycles. The van der Waals surface area contributed by atoms with Crippen molar-refractivity contribution >= 4 is 18.0 Å². The number of pyridine rings is 1. The van der Waals surface area contributed by atoms with Gasteiger partial charge in [-0.05, 0) is 57.7 Å². The van der Waals surface area contributed by atoms with Gasteiger partial charge in [-0.15, -0.1) is 0 Å². The number of unbranched alkanes of at least 4 members (excludes halogenated alkanes) is 1. The quantitative estimate of drug-likeness (QED) is 0.415. The average Bonchev–Trinajstić information content (AvgIpc) is 2.76. The lowest BCUT2D eigenvalue weighted by Crippen LogP contribution is -2.54. The molecule has 0 fully saturated rings. The van der Waals surface area contributed by atoms with Crippen molar-refractivity contribution in [2.24, 2.45) is 0 Å². The minimum Gasteiger partial charge on any atom is -0.465 e. The first kappa shape index (κ1) is 24.8. The molecule has 2 aromatic rings. The van der Waals surface area contributed by atoms with E-state index in [1.165, 1.54) is 11.1 Å². The third-order valence-corrected chi connectivity index (χ3v) is 4.85. The van der Waals surface area contributed by atoms with Crippen LogP contribution in [0.1, 0.15) is 56.1 Å². The lowest BCUT2D eigenvalue weighted by molar-refractivity contribution is 0.0522. The number of hydrogen-bond acceptors (Lipinski definition) is 5. The first-order chi connectivity index (χ1) is 15.2. The summed E-state index contributed by atoms with van der Waals surface area (Å²) in [6.45, 7) is 5.81. The maximum atomic E-state index is 13.1. The van der Waals surface area contributed by atoms with Gasteiger partial charge in [0.1, 0.15) is 18.3 Å². The van der Waals surface area contributed by atoms with Gasteiger partial charge in [0, 0.05) is 18.3 Å². The van der Waals surface area contributed by atoms with Crippen LogP contribution in [-0.2, 0) is 11.3 Å². The third-order valence-electron chi connectivity index (χ3n) is 4.85. The van der Waals surface area contributed by atoms with Crippen molar-refractivity contribution in [3.63, 3.8) is 0 Å². The molecule has 2 rings (SSSR count). The van der Waals surface area contributed by atoms with Gasteiger partial charge >= 0.3 is 12.2 Å². The molecule has 8 nitrogen and oxygen atoms in total. The van der Waals surface area contributed by atoms with Crippen LogP contribution in [0.15, 0.2) is 54.7 Å². The van der Waals surface area contributed by atoms with Gasteiger partial charge < -0.3 is 15.2 Å². The number of amides is 2. The van der Waals surface area contributed by atoms with Crippen LogP contribution in [0.4, 0.5) is 9.59 Å². The number of aromatic nitrogens is 1. The number of carboxylic acid groups (broad SMARTS) is 1. The lowest BCUT2D eigenvalue weighted by atomic mass is 9.95. The summed E-state index contributed by atoms with van der Waals surface area (Å²) in [6, 6.07) is 13.5. The number of benzene rings is 1. The normalized spacial score (nSPS) is 12.0. The predicted molar refractivity (Wildman–Crippen MR) is 120 cm³/mol. The third kappa shape index (κ3) is 7.68. The Hall–Kier alpha value is -3.42. The number of rotatable bonds is 10. The van der Waals surface area contributed by atoms with Gasteiger partial charge in [-0.25, -0.2) is 9.59 Å². The molecule has 0 saturated heterocycles. The maximum Gasteiger partial charge on any atom is 0.408 e. The lowest BCUT2D eigenvalue weighted by Gasteiger charge is -2.38. The van der Waals surface area contributed by atoms with E-state index in [1.807, 2.05) is 30.3 Å². The summed E-state index contributed by atoms with van der Waals surface area (Å²) in [5.41, 5.74) is 0.366. The Kier molecular flexibility index (Phi) is 9.19. The summed E-state index contributed by atoms with van der Waals surface area (Å²) >= 11 is 0. The molecule has 0 aliphatic carbocycles. The van der Waals surface area contributed by atoms with Crippen molar-refractivity contribution in [3.05, 3.63) is 66.0 Å². The highest BCUT2D eigenvalue weighted by atomic mass is 16.5. The number of Topliss-reactive ketones (excluding diaryl/α,β-unsaturated/α-hetero) is 1. The van der Waals surface area contributed by atoms with Gasteiger partial charge in [-0.2, -0.15) is 0 Å². The summed E-state index contributed by atoms with van der Waals surface area (Å²) in [5, 5.41) is 12.5.